The summed E-state index contributed by atoms with van der Waals surface area (Å²) in [5, 5.41) is 8.80. The van der Waals surface area contributed by atoms with Gasteiger partial charge in [0.15, 0.2) is 0 Å². The second kappa shape index (κ2) is 3.26. The lowest BCUT2D eigenvalue weighted by molar-refractivity contribution is 0.165. The highest BCUT2D eigenvalue weighted by Gasteiger charge is 2.32. The lowest BCUT2D eigenvalue weighted by Gasteiger charge is -2.35. The molecule has 1 atom stereocenters. The number of nitriles is 1. The molecule has 0 bridgehead atoms. The predicted octanol–water partition coefficient (Wildman–Crippen LogP) is 3.12. The largest absolute Gasteiger partial charge is 0.198 e. The molecular weight excluding hydrogens is 134 g/mol. The second-order valence-corrected chi connectivity index (χ2v) is 4.07. The summed E-state index contributed by atoms with van der Waals surface area (Å²) in [6.07, 6.45) is 6.52. The molecule has 0 amide bonds. The lowest BCUT2D eigenvalue weighted by atomic mass is 9.68. The fourth-order valence-corrected chi connectivity index (χ4v) is 1.95. The van der Waals surface area contributed by atoms with Gasteiger partial charge < -0.3 is 0 Å². The maximum atomic E-state index is 8.80. The Balaban J connectivity index is 2.57. The highest BCUT2D eigenvalue weighted by molar-refractivity contribution is 4.94. The molecule has 0 spiro atoms. The van der Waals surface area contributed by atoms with Crippen molar-refractivity contribution in [3.8, 4) is 6.07 Å². The standard InChI is InChI=1S/C10H17N/c1-9(8-11)10(2)6-4-3-5-7-10/h9H,3-7H2,1-2H3. The van der Waals surface area contributed by atoms with Gasteiger partial charge in [0.2, 0.25) is 0 Å². The highest BCUT2D eigenvalue weighted by Crippen LogP contribution is 2.41. The van der Waals surface area contributed by atoms with Crippen molar-refractivity contribution in [1.82, 2.24) is 0 Å². The lowest BCUT2D eigenvalue weighted by Crippen LogP contribution is -2.26. The van der Waals surface area contributed by atoms with E-state index in [4.69, 9.17) is 5.26 Å². The minimum absolute atomic E-state index is 0.239. The topological polar surface area (TPSA) is 23.8 Å². The molecule has 1 nitrogen and oxygen atoms in total. The van der Waals surface area contributed by atoms with Gasteiger partial charge in [-0.2, -0.15) is 5.26 Å². The predicted molar refractivity (Wildman–Crippen MR) is 46.0 cm³/mol. The first-order valence-electron chi connectivity index (χ1n) is 4.59. The fraction of sp³-hybridized carbons (Fsp3) is 0.900. The molecule has 62 valence electrons. The summed E-state index contributed by atoms with van der Waals surface area (Å²) >= 11 is 0. The van der Waals surface area contributed by atoms with E-state index < -0.39 is 0 Å². The SMILES string of the molecule is CC(C#N)C1(C)CCCCC1. The fourth-order valence-electron chi connectivity index (χ4n) is 1.95. The molecule has 0 aliphatic heterocycles. The summed E-state index contributed by atoms with van der Waals surface area (Å²) < 4.78 is 0. The average molecular weight is 151 g/mol. The Bertz CT molecular complexity index is 160. The number of rotatable bonds is 1. The first-order chi connectivity index (χ1) is 5.19. The molecule has 1 unspecified atom stereocenters. The van der Waals surface area contributed by atoms with Gasteiger partial charge in [0.25, 0.3) is 0 Å². The van der Waals surface area contributed by atoms with Crippen molar-refractivity contribution in [1.29, 1.82) is 5.26 Å². The van der Waals surface area contributed by atoms with Gasteiger partial charge in [-0.15, -0.1) is 0 Å². The van der Waals surface area contributed by atoms with E-state index in [1.807, 2.05) is 0 Å². The van der Waals surface area contributed by atoms with E-state index in [0.717, 1.165) is 0 Å². The van der Waals surface area contributed by atoms with Crippen LogP contribution >= 0.6 is 0 Å². The maximum Gasteiger partial charge on any atom is 0.0658 e. The molecule has 0 aromatic carbocycles. The van der Waals surface area contributed by atoms with E-state index >= 15 is 0 Å². The summed E-state index contributed by atoms with van der Waals surface area (Å²) in [6, 6.07) is 2.38. The van der Waals surface area contributed by atoms with Crippen molar-refractivity contribution in [2.45, 2.75) is 46.0 Å². The van der Waals surface area contributed by atoms with E-state index in [9.17, 15) is 0 Å². The molecule has 1 aliphatic rings. The maximum absolute atomic E-state index is 8.80. The zero-order valence-electron chi connectivity index (χ0n) is 7.56. The molecule has 1 saturated carbocycles. The quantitative estimate of drug-likeness (QED) is 0.565. The van der Waals surface area contributed by atoms with Crippen LogP contribution in [0.4, 0.5) is 0 Å². The summed E-state index contributed by atoms with van der Waals surface area (Å²) in [6.45, 7) is 4.32. The van der Waals surface area contributed by atoms with Gasteiger partial charge in [0.1, 0.15) is 0 Å². The molecule has 0 N–H and O–H groups in total. The first kappa shape index (κ1) is 8.59. The molecule has 0 aromatic rings. The van der Waals surface area contributed by atoms with Gasteiger partial charge in [0, 0.05) is 5.92 Å². The van der Waals surface area contributed by atoms with Crippen molar-refractivity contribution in [3.63, 3.8) is 0 Å². The zero-order chi connectivity index (χ0) is 8.32. The monoisotopic (exact) mass is 151 g/mol. The van der Waals surface area contributed by atoms with Crippen molar-refractivity contribution < 1.29 is 0 Å². The Hall–Kier alpha value is -0.510. The minimum Gasteiger partial charge on any atom is -0.198 e. The Kier molecular flexibility index (Phi) is 2.54. The molecule has 1 fully saturated rings. The van der Waals surface area contributed by atoms with Crippen molar-refractivity contribution in [2.75, 3.05) is 0 Å². The third kappa shape index (κ3) is 1.74. The summed E-state index contributed by atoms with van der Waals surface area (Å²) in [7, 11) is 0. The van der Waals surface area contributed by atoms with Crippen LogP contribution in [-0.2, 0) is 0 Å². The molecular formula is C10H17N. The Morgan fingerprint density at radius 2 is 1.82 bits per heavy atom. The highest BCUT2D eigenvalue weighted by atomic mass is 14.4. The van der Waals surface area contributed by atoms with Crippen LogP contribution in [-0.4, -0.2) is 0 Å². The third-order valence-corrected chi connectivity index (χ3v) is 3.23. The summed E-state index contributed by atoms with van der Waals surface area (Å²) in [5.74, 6) is 0.239. The number of nitrogens with zero attached hydrogens (tertiary/aromatic N) is 1. The van der Waals surface area contributed by atoms with Gasteiger partial charge in [-0.3, -0.25) is 0 Å². The smallest absolute Gasteiger partial charge is 0.0658 e. The molecule has 0 saturated heterocycles. The van der Waals surface area contributed by atoms with Gasteiger partial charge in [-0.25, -0.2) is 0 Å². The molecule has 1 rings (SSSR count). The molecule has 0 radical (unpaired) electrons. The van der Waals surface area contributed by atoms with Crippen molar-refractivity contribution in [3.05, 3.63) is 0 Å². The van der Waals surface area contributed by atoms with E-state index in [1.165, 1.54) is 32.1 Å². The molecule has 1 heteroatoms. The first-order valence-corrected chi connectivity index (χ1v) is 4.59. The van der Waals surface area contributed by atoms with Crippen molar-refractivity contribution in [2.24, 2.45) is 11.3 Å². The van der Waals surface area contributed by atoms with Crippen LogP contribution in [0.25, 0.3) is 0 Å². The molecule has 1 aliphatic carbocycles. The minimum atomic E-state index is 0.239. The van der Waals surface area contributed by atoms with Gasteiger partial charge in [-0.1, -0.05) is 26.2 Å². The van der Waals surface area contributed by atoms with Crippen LogP contribution in [0, 0.1) is 22.7 Å². The van der Waals surface area contributed by atoms with Crippen molar-refractivity contribution >= 4 is 0 Å². The average Bonchev–Trinajstić information content (AvgIpc) is 2.04. The molecule has 0 heterocycles. The normalized spacial score (nSPS) is 25.5. The molecule has 11 heavy (non-hydrogen) atoms. The number of hydrogen-bond acceptors (Lipinski definition) is 1. The van der Waals surface area contributed by atoms with Crippen LogP contribution in [0.1, 0.15) is 46.0 Å². The Morgan fingerprint density at radius 3 is 2.27 bits per heavy atom. The van der Waals surface area contributed by atoms with E-state index in [2.05, 4.69) is 19.9 Å². The summed E-state index contributed by atoms with van der Waals surface area (Å²) in [4.78, 5) is 0. The Labute approximate surface area is 69.4 Å². The van der Waals surface area contributed by atoms with Gasteiger partial charge in [0.05, 0.1) is 6.07 Å². The third-order valence-electron chi connectivity index (χ3n) is 3.23. The van der Waals surface area contributed by atoms with Crippen LogP contribution in [0.3, 0.4) is 0 Å². The van der Waals surface area contributed by atoms with Crippen LogP contribution in [0.15, 0.2) is 0 Å². The molecule has 0 aromatic heterocycles. The van der Waals surface area contributed by atoms with E-state index in [0.29, 0.717) is 5.41 Å². The Morgan fingerprint density at radius 1 is 1.27 bits per heavy atom. The van der Waals surface area contributed by atoms with E-state index in [-0.39, 0.29) is 5.92 Å². The van der Waals surface area contributed by atoms with Crippen LogP contribution in [0.5, 0.6) is 0 Å². The summed E-state index contributed by atoms with van der Waals surface area (Å²) in [5.41, 5.74) is 0.326. The zero-order valence-corrected chi connectivity index (χ0v) is 7.56. The number of hydrogen-bond donors (Lipinski definition) is 0. The van der Waals surface area contributed by atoms with Crippen LogP contribution in [0.2, 0.25) is 0 Å². The van der Waals surface area contributed by atoms with E-state index in [1.54, 1.807) is 0 Å². The van der Waals surface area contributed by atoms with Gasteiger partial charge >= 0.3 is 0 Å². The van der Waals surface area contributed by atoms with Crippen LogP contribution < -0.4 is 0 Å². The second-order valence-electron chi connectivity index (χ2n) is 4.07. The van der Waals surface area contributed by atoms with Gasteiger partial charge in [-0.05, 0) is 25.2 Å².